The molecule has 0 radical (unpaired) electrons. The third-order valence-electron chi connectivity index (χ3n) is 5.32. The van der Waals surface area contributed by atoms with Gasteiger partial charge in [-0.2, -0.15) is 22.0 Å². The van der Waals surface area contributed by atoms with Gasteiger partial charge in [-0.25, -0.2) is 4.79 Å². The number of amides is 1. The molecule has 202 valence electrons. The first-order valence-corrected chi connectivity index (χ1v) is 11.5. The minimum Gasteiger partial charge on any atom is -0.493 e. The van der Waals surface area contributed by atoms with Crippen molar-refractivity contribution in [1.29, 1.82) is 0 Å². The number of ether oxygens (including phenoxy) is 2. The summed E-state index contributed by atoms with van der Waals surface area (Å²) < 4.78 is 72.9. The zero-order valence-corrected chi connectivity index (χ0v) is 20.3. The van der Waals surface area contributed by atoms with Gasteiger partial charge in [0, 0.05) is 11.6 Å². The standard InChI is InChI=1S/C26H21ClF5NO5/c27-19-7-10-22(37-14-12-25(28,29)26(30,31)32)21(15-19)23(34)33-13-11-16-1-3-17(4-2-16)18-5-8-20(9-6-18)38-24(35)36/h1-10,15H,11-14H2,(H,33,34)(H,35,36). The van der Waals surface area contributed by atoms with E-state index in [1.165, 1.54) is 30.3 Å². The number of nitrogens with one attached hydrogen (secondary N) is 1. The van der Waals surface area contributed by atoms with Crippen molar-refractivity contribution in [3.8, 4) is 22.6 Å². The lowest BCUT2D eigenvalue weighted by molar-refractivity contribution is -0.285. The lowest BCUT2D eigenvalue weighted by Gasteiger charge is -2.20. The van der Waals surface area contributed by atoms with Crippen LogP contribution in [-0.2, 0) is 6.42 Å². The van der Waals surface area contributed by atoms with Gasteiger partial charge in [-0.1, -0.05) is 48.0 Å². The average molecular weight is 558 g/mol. The van der Waals surface area contributed by atoms with Gasteiger partial charge >= 0.3 is 18.3 Å². The highest BCUT2D eigenvalue weighted by Gasteiger charge is 2.56. The van der Waals surface area contributed by atoms with E-state index in [1.54, 1.807) is 12.1 Å². The average Bonchev–Trinajstić information content (AvgIpc) is 2.84. The highest BCUT2D eigenvalue weighted by molar-refractivity contribution is 6.31. The molecule has 0 atom stereocenters. The van der Waals surface area contributed by atoms with Gasteiger partial charge in [-0.15, -0.1) is 0 Å². The zero-order valence-electron chi connectivity index (χ0n) is 19.5. The van der Waals surface area contributed by atoms with Crippen LogP contribution in [0.3, 0.4) is 0 Å². The number of hydrogen-bond acceptors (Lipinski definition) is 4. The van der Waals surface area contributed by atoms with Crippen molar-refractivity contribution in [1.82, 2.24) is 5.32 Å². The quantitative estimate of drug-likeness (QED) is 0.159. The van der Waals surface area contributed by atoms with E-state index in [9.17, 15) is 31.5 Å². The molecular formula is C26H21ClF5NO5. The molecule has 0 aliphatic heterocycles. The maximum absolute atomic E-state index is 13.1. The number of carbonyl (C=O) groups is 2. The van der Waals surface area contributed by atoms with Crippen LogP contribution in [0.4, 0.5) is 26.7 Å². The largest absolute Gasteiger partial charge is 0.511 e. The van der Waals surface area contributed by atoms with Gasteiger partial charge in [0.2, 0.25) is 0 Å². The fourth-order valence-corrected chi connectivity index (χ4v) is 3.50. The Hall–Kier alpha value is -3.86. The number of halogens is 6. The highest BCUT2D eigenvalue weighted by atomic mass is 35.5. The molecule has 0 aliphatic carbocycles. The Balaban J connectivity index is 1.55. The molecule has 3 rings (SSSR count). The highest BCUT2D eigenvalue weighted by Crippen LogP contribution is 2.38. The second-order valence-corrected chi connectivity index (χ2v) is 8.47. The van der Waals surface area contributed by atoms with Gasteiger partial charge in [0.25, 0.3) is 5.91 Å². The molecule has 0 unspecified atom stereocenters. The number of benzene rings is 3. The SMILES string of the molecule is O=C(O)Oc1ccc(-c2ccc(CCNC(=O)c3cc(Cl)ccc3OCCC(F)(F)C(F)(F)F)cc2)cc1. The molecule has 3 aromatic rings. The van der Waals surface area contributed by atoms with E-state index in [2.05, 4.69) is 10.1 Å². The van der Waals surface area contributed by atoms with Crippen LogP contribution in [0.15, 0.2) is 66.7 Å². The van der Waals surface area contributed by atoms with Crippen LogP contribution in [0, 0.1) is 0 Å². The fourth-order valence-electron chi connectivity index (χ4n) is 3.33. The number of rotatable bonds is 10. The number of hydrogen-bond donors (Lipinski definition) is 2. The number of carboxylic acid groups (broad SMARTS) is 1. The van der Waals surface area contributed by atoms with E-state index in [4.69, 9.17) is 21.4 Å². The lowest BCUT2D eigenvalue weighted by atomic mass is 10.0. The first-order valence-electron chi connectivity index (χ1n) is 11.1. The molecule has 0 saturated carbocycles. The van der Waals surface area contributed by atoms with Crippen LogP contribution in [0.5, 0.6) is 11.5 Å². The topological polar surface area (TPSA) is 84.9 Å². The minimum absolute atomic E-state index is 0.0986. The molecule has 1 amide bonds. The maximum atomic E-state index is 13.1. The molecular weight excluding hydrogens is 537 g/mol. The van der Waals surface area contributed by atoms with Crippen molar-refractivity contribution < 1.29 is 46.1 Å². The third-order valence-corrected chi connectivity index (χ3v) is 5.56. The summed E-state index contributed by atoms with van der Waals surface area (Å²) in [6.07, 6.45) is -8.27. The van der Waals surface area contributed by atoms with Crippen LogP contribution in [0.25, 0.3) is 11.1 Å². The second kappa shape index (κ2) is 12.1. The Morgan fingerprint density at radius 3 is 2.08 bits per heavy atom. The number of carbonyl (C=O) groups excluding carboxylic acids is 1. The molecule has 0 aromatic heterocycles. The Labute approximate surface area is 218 Å². The van der Waals surface area contributed by atoms with Crippen molar-refractivity contribution in [3.63, 3.8) is 0 Å². The van der Waals surface area contributed by atoms with Gasteiger partial charge in [0.05, 0.1) is 18.6 Å². The first kappa shape index (κ1) is 28.7. The summed E-state index contributed by atoms with van der Waals surface area (Å²) in [6, 6.07) is 17.7. The van der Waals surface area contributed by atoms with Crippen molar-refractivity contribution in [2.75, 3.05) is 13.2 Å². The summed E-state index contributed by atoms with van der Waals surface area (Å²) in [7, 11) is 0. The Kier molecular flexibility index (Phi) is 9.16. The molecule has 6 nitrogen and oxygen atoms in total. The molecule has 2 N–H and O–H groups in total. The predicted molar refractivity (Wildman–Crippen MR) is 129 cm³/mol. The summed E-state index contributed by atoms with van der Waals surface area (Å²) >= 11 is 5.92. The summed E-state index contributed by atoms with van der Waals surface area (Å²) in [5, 5.41) is 11.4. The van der Waals surface area contributed by atoms with E-state index in [0.29, 0.717) is 6.42 Å². The van der Waals surface area contributed by atoms with Crippen LogP contribution in [0.1, 0.15) is 22.3 Å². The summed E-state index contributed by atoms with van der Waals surface area (Å²) in [5.41, 5.74) is 2.50. The third kappa shape index (κ3) is 7.82. The van der Waals surface area contributed by atoms with Crippen molar-refractivity contribution in [2.24, 2.45) is 0 Å². The van der Waals surface area contributed by atoms with Gasteiger partial charge in [0.15, 0.2) is 0 Å². The van der Waals surface area contributed by atoms with Crippen LogP contribution >= 0.6 is 11.6 Å². The maximum Gasteiger partial charge on any atom is 0.511 e. The molecule has 0 saturated heterocycles. The van der Waals surface area contributed by atoms with Crippen molar-refractivity contribution in [2.45, 2.75) is 24.9 Å². The van der Waals surface area contributed by atoms with E-state index in [-0.39, 0.29) is 28.6 Å². The molecule has 0 spiro atoms. The van der Waals surface area contributed by atoms with Crippen molar-refractivity contribution >= 4 is 23.7 Å². The summed E-state index contributed by atoms with van der Waals surface area (Å²) in [4.78, 5) is 23.2. The first-order chi connectivity index (χ1) is 17.9. The molecule has 3 aromatic carbocycles. The molecule has 0 bridgehead atoms. The Morgan fingerprint density at radius 1 is 0.895 bits per heavy atom. The van der Waals surface area contributed by atoms with Crippen molar-refractivity contribution in [3.05, 3.63) is 82.9 Å². The molecule has 0 aliphatic rings. The van der Waals surface area contributed by atoms with Crippen LogP contribution < -0.4 is 14.8 Å². The zero-order chi connectivity index (χ0) is 27.9. The minimum atomic E-state index is -5.70. The van der Waals surface area contributed by atoms with Gasteiger partial charge in [-0.3, -0.25) is 4.79 Å². The number of alkyl halides is 5. The normalized spacial score (nSPS) is 11.6. The van der Waals surface area contributed by atoms with Gasteiger partial charge < -0.3 is 19.9 Å². The molecule has 0 fully saturated rings. The second-order valence-electron chi connectivity index (χ2n) is 8.04. The van der Waals surface area contributed by atoms with Crippen LogP contribution in [0.2, 0.25) is 5.02 Å². The summed E-state index contributed by atoms with van der Waals surface area (Å²) in [5.74, 6) is -5.53. The fraction of sp³-hybridized carbons (Fsp3) is 0.231. The molecule has 0 heterocycles. The monoisotopic (exact) mass is 557 g/mol. The van der Waals surface area contributed by atoms with E-state index >= 15 is 0 Å². The van der Waals surface area contributed by atoms with Gasteiger partial charge in [-0.05, 0) is 53.4 Å². The molecule has 38 heavy (non-hydrogen) atoms. The summed E-state index contributed by atoms with van der Waals surface area (Å²) in [6.45, 7) is -0.770. The lowest BCUT2D eigenvalue weighted by Crippen LogP contribution is -2.37. The smallest absolute Gasteiger partial charge is 0.493 e. The Bertz CT molecular complexity index is 1260. The van der Waals surface area contributed by atoms with E-state index in [1.807, 2.05) is 24.3 Å². The van der Waals surface area contributed by atoms with E-state index < -0.39 is 37.2 Å². The van der Waals surface area contributed by atoms with E-state index in [0.717, 1.165) is 16.7 Å². The predicted octanol–water partition coefficient (Wildman–Crippen LogP) is 7.00. The molecule has 12 heteroatoms. The van der Waals surface area contributed by atoms with Crippen LogP contribution in [-0.4, -0.2) is 42.4 Å². The Morgan fingerprint density at radius 2 is 1.50 bits per heavy atom. The van der Waals surface area contributed by atoms with Gasteiger partial charge in [0.1, 0.15) is 11.5 Å².